The van der Waals surface area contributed by atoms with Crippen molar-refractivity contribution in [2.24, 2.45) is 5.92 Å². The van der Waals surface area contributed by atoms with Crippen LogP contribution in [0.15, 0.2) is 18.3 Å². The molecule has 6 nitrogen and oxygen atoms in total. The number of amides is 2. The Morgan fingerprint density at radius 3 is 2.54 bits per heavy atom. The highest BCUT2D eigenvalue weighted by atomic mass is 32.1. The molecule has 0 spiro atoms. The van der Waals surface area contributed by atoms with Crippen LogP contribution >= 0.6 is 11.3 Å². The minimum Gasteiger partial charge on any atom is -0.342 e. The molecule has 0 saturated carbocycles. The van der Waals surface area contributed by atoms with Crippen LogP contribution in [0.3, 0.4) is 0 Å². The van der Waals surface area contributed by atoms with Crippen LogP contribution in [0.1, 0.15) is 34.0 Å². The zero-order valence-electron chi connectivity index (χ0n) is 15.4. The second-order valence-electron chi connectivity index (χ2n) is 6.78. The quantitative estimate of drug-likeness (QED) is 0.895. The van der Waals surface area contributed by atoms with Crippen LogP contribution in [-0.2, 0) is 16.0 Å². The summed E-state index contributed by atoms with van der Waals surface area (Å²) in [4.78, 5) is 36.5. The van der Waals surface area contributed by atoms with Crippen LogP contribution in [0.2, 0.25) is 0 Å². The molecule has 7 heteroatoms. The van der Waals surface area contributed by atoms with E-state index in [0.29, 0.717) is 38.2 Å². The minimum absolute atomic E-state index is 0.0144. The number of hydrogen-bond acceptors (Lipinski definition) is 5. The molecule has 2 amide bonds. The van der Waals surface area contributed by atoms with Crippen molar-refractivity contribution >= 4 is 29.0 Å². The molecular weight excluding hydrogens is 348 g/mol. The molecule has 0 unspecified atom stereocenters. The number of hydrogen-bond donors (Lipinski definition) is 1. The van der Waals surface area contributed by atoms with Gasteiger partial charge in [-0.15, -0.1) is 11.3 Å². The Bertz CT molecular complexity index is 792. The van der Waals surface area contributed by atoms with Gasteiger partial charge in [0.15, 0.2) is 0 Å². The summed E-state index contributed by atoms with van der Waals surface area (Å²) in [6.45, 7) is 7.14. The van der Waals surface area contributed by atoms with Gasteiger partial charge in [-0.05, 0) is 45.2 Å². The number of nitrogens with zero attached hydrogens (tertiary/aromatic N) is 3. The van der Waals surface area contributed by atoms with Crippen molar-refractivity contribution in [1.82, 2.24) is 14.9 Å². The third-order valence-electron chi connectivity index (χ3n) is 4.70. The fourth-order valence-corrected chi connectivity index (χ4v) is 3.99. The average Bonchev–Trinajstić information content (AvgIpc) is 2.94. The molecule has 1 aliphatic rings. The smallest absolute Gasteiger partial charge is 0.228 e. The van der Waals surface area contributed by atoms with E-state index in [4.69, 9.17) is 0 Å². The highest BCUT2D eigenvalue weighted by Crippen LogP contribution is 2.22. The molecule has 2 aromatic rings. The Morgan fingerprint density at radius 2 is 1.96 bits per heavy atom. The molecule has 138 valence electrons. The summed E-state index contributed by atoms with van der Waals surface area (Å²) in [6, 6.07) is 3.73. The Morgan fingerprint density at radius 1 is 1.23 bits per heavy atom. The molecule has 1 aliphatic heterocycles. The van der Waals surface area contributed by atoms with E-state index in [1.165, 1.54) is 0 Å². The molecule has 26 heavy (non-hydrogen) atoms. The number of aromatic nitrogens is 2. The summed E-state index contributed by atoms with van der Waals surface area (Å²) in [7, 11) is 0. The standard InChI is InChI=1S/C19H24N4O2S/c1-12-4-5-17(20-11-12)22-19(25)15-6-8-23(9-7-15)18(24)10-16-13(2)26-14(3)21-16/h4-5,11,15H,6-10H2,1-3H3,(H,20,22,25). The third kappa shape index (κ3) is 4.46. The van der Waals surface area contributed by atoms with Crippen molar-refractivity contribution in [2.45, 2.75) is 40.0 Å². The maximum absolute atomic E-state index is 12.5. The van der Waals surface area contributed by atoms with Gasteiger partial charge in [-0.25, -0.2) is 9.97 Å². The summed E-state index contributed by atoms with van der Waals surface area (Å²) in [6.07, 6.45) is 3.44. The first kappa shape index (κ1) is 18.5. The number of carbonyl (C=O) groups excluding carboxylic acids is 2. The number of likely N-dealkylation sites (tertiary alicyclic amines) is 1. The molecule has 1 fully saturated rings. The van der Waals surface area contributed by atoms with E-state index in [2.05, 4.69) is 15.3 Å². The molecule has 2 aromatic heterocycles. The molecular formula is C19H24N4O2S. The lowest BCUT2D eigenvalue weighted by Crippen LogP contribution is -2.42. The summed E-state index contributed by atoms with van der Waals surface area (Å²) in [5.74, 6) is 0.579. The summed E-state index contributed by atoms with van der Waals surface area (Å²) in [5.41, 5.74) is 1.93. The summed E-state index contributed by atoms with van der Waals surface area (Å²) >= 11 is 1.62. The predicted molar refractivity (Wildman–Crippen MR) is 102 cm³/mol. The SMILES string of the molecule is Cc1ccc(NC(=O)C2CCN(C(=O)Cc3nc(C)sc3C)CC2)nc1. The number of nitrogens with one attached hydrogen (secondary N) is 1. The minimum atomic E-state index is -0.0783. The Kier molecular flexibility index (Phi) is 5.66. The van der Waals surface area contributed by atoms with E-state index in [1.54, 1.807) is 17.5 Å². The number of anilines is 1. The Hall–Kier alpha value is -2.28. The highest BCUT2D eigenvalue weighted by molar-refractivity contribution is 7.11. The van der Waals surface area contributed by atoms with E-state index in [9.17, 15) is 9.59 Å². The van der Waals surface area contributed by atoms with E-state index >= 15 is 0 Å². The lowest BCUT2D eigenvalue weighted by molar-refractivity contribution is -0.133. The first-order chi connectivity index (χ1) is 12.4. The van der Waals surface area contributed by atoms with Crippen molar-refractivity contribution in [1.29, 1.82) is 0 Å². The molecule has 3 heterocycles. The van der Waals surface area contributed by atoms with Gasteiger partial charge in [-0.3, -0.25) is 9.59 Å². The van der Waals surface area contributed by atoms with Gasteiger partial charge in [0.1, 0.15) is 5.82 Å². The van der Waals surface area contributed by atoms with Crippen LogP contribution in [0.4, 0.5) is 5.82 Å². The van der Waals surface area contributed by atoms with Crippen molar-refractivity contribution in [2.75, 3.05) is 18.4 Å². The van der Waals surface area contributed by atoms with Gasteiger partial charge in [-0.1, -0.05) is 6.07 Å². The van der Waals surface area contributed by atoms with Crippen molar-refractivity contribution in [3.8, 4) is 0 Å². The van der Waals surface area contributed by atoms with Crippen LogP contribution in [0.5, 0.6) is 0 Å². The Labute approximate surface area is 157 Å². The fraction of sp³-hybridized carbons (Fsp3) is 0.474. The maximum atomic E-state index is 12.5. The van der Waals surface area contributed by atoms with Crippen molar-refractivity contribution in [3.63, 3.8) is 0 Å². The zero-order chi connectivity index (χ0) is 18.7. The second-order valence-corrected chi connectivity index (χ2v) is 8.18. The normalized spacial score (nSPS) is 15.1. The summed E-state index contributed by atoms with van der Waals surface area (Å²) < 4.78 is 0. The van der Waals surface area contributed by atoms with Crippen molar-refractivity contribution < 1.29 is 9.59 Å². The monoisotopic (exact) mass is 372 g/mol. The molecule has 1 saturated heterocycles. The molecule has 0 aromatic carbocycles. The third-order valence-corrected chi connectivity index (χ3v) is 5.63. The largest absolute Gasteiger partial charge is 0.342 e. The van der Waals surface area contributed by atoms with Gasteiger partial charge in [0.2, 0.25) is 11.8 Å². The van der Waals surface area contributed by atoms with Gasteiger partial charge >= 0.3 is 0 Å². The van der Waals surface area contributed by atoms with E-state index in [1.807, 2.05) is 37.8 Å². The zero-order valence-corrected chi connectivity index (χ0v) is 16.2. The first-order valence-electron chi connectivity index (χ1n) is 8.86. The molecule has 0 aliphatic carbocycles. The van der Waals surface area contributed by atoms with E-state index < -0.39 is 0 Å². The first-order valence-corrected chi connectivity index (χ1v) is 9.68. The second kappa shape index (κ2) is 7.95. The lowest BCUT2D eigenvalue weighted by Gasteiger charge is -2.31. The topological polar surface area (TPSA) is 75.2 Å². The number of thiazole rings is 1. The number of carbonyl (C=O) groups is 2. The van der Waals surface area contributed by atoms with Crippen LogP contribution in [-0.4, -0.2) is 39.8 Å². The predicted octanol–water partition coefficient (Wildman–Crippen LogP) is 2.88. The highest BCUT2D eigenvalue weighted by Gasteiger charge is 2.28. The van der Waals surface area contributed by atoms with Gasteiger partial charge in [-0.2, -0.15) is 0 Å². The molecule has 3 rings (SSSR count). The number of piperidine rings is 1. The number of pyridine rings is 1. The molecule has 0 atom stereocenters. The maximum Gasteiger partial charge on any atom is 0.228 e. The fourth-order valence-electron chi connectivity index (χ4n) is 3.15. The van der Waals surface area contributed by atoms with E-state index in [0.717, 1.165) is 21.1 Å². The average molecular weight is 372 g/mol. The summed E-state index contributed by atoms with van der Waals surface area (Å²) in [5, 5.41) is 3.86. The molecule has 0 radical (unpaired) electrons. The van der Waals surface area contributed by atoms with Crippen molar-refractivity contribution in [3.05, 3.63) is 39.5 Å². The van der Waals surface area contributed by atoms with Crippen LogP contribution < -0.4 is 5.32 Å². The number of rotatable bonds is 4. The van der Waals surface area contributed by atoms with Gasteiger partial charge in [0, 0.05) is 30.1 Å². The van der Waals surface area contributed by atoms with Crippen LogP contribution in [0.25, 0.3) is 0 Å². The number of aryl methyl sites for hydroxylation is 3. The lowest BCUT2D eigenvalue weighted by atomic mass is 9.95. The van der Waals surface area contributed by atoms with E-state index in [-0.39, 0.29) is 17.7 Å². The van der Waals surface area contributed by atoms with Crippen LogP contribution in [0, 0.1) is 26.7 Å². The van der Waals surface area contributed by atoms with Gasteiger partial charge in [0.05, 0.1) is 17.1 Å². The molecule has 1 N–H and O–H groups in total. The van der Waals surface area contributed by atoms with Gasteiger partial charge < -0.3 is 10.2 Å². The Balaban J connectivity index is 1.50. The van der Waals surface area contributed by atoms with Gasteiger partial charge in [0.25, 0.3) is 0 Å². The molecule has 0 bridgehead atoms.